The third-order valence-electron chi connectivity index (χ3n) is 4.64. The summed E-state index contributed by atoms with van der Waals surface area (Å²) in [6.07, 6.45) is 15.9. The van der Waals surface area contributed by atoms with Gasteiger partial charge in [0.25, 0.3) is 0 Å². The van der Waals surface area contributed by atoms with Crippen LogP contribution in [0, 0.1) is 21.8 Å². The molecule has 24 heavy (non-hydrogen) atoms. The van der Waals surface area contributed by atoms with Gasteiger partial charge >= 0.3 is 21.7 Å². The smallest absolute Gasteiger partial charge is 0.675 e. The van der Waals surface area contributed by atoms with Crippen molar-refractivity contribution in [3.63, 3.8) is 0 Å². The van der Waals surface area contributed by atoms with Crippen LogP contribution in [0.5, 0.6) is 0 Å². The Hall–Kier alpha value is 0.0243. The van der Waals surface area contributed by atoms with Crippen LogP contribution in [0.2, 0.25) is 0 Å². The van der Waals surface area contributed by atoms with E-state index in [1.54, 1.807) is 0 Å². The molecular weight excluding hydrogens is 326 g/mol. The molecule has 1 saturated carbocycles. The Bertz CT molecular complexity index is 333. The summed E-state index contributed by atoms with van der Waals surface area (Å²) in [6.45, 7) is 4.33. The Morgan fingerprint density at radius 2 is 1.29 bits per heavy atom. The van der Waals surface area contributed by atoms with Crippen molar-refractivity contribution in [3.8, 4) is 0 Å². The fourth-order valence-corrected chi connectivity index (χ4v) is 3.11. The van der Waals surface area contributed by atoms with Crippen LogP contribution in [0.15, 0.2) is 18.2 Å². The van der Waals surface area contributed by atoms with Crippen LogP contribution in [0.1, 0.15) is 88.7 Å². The van der Waals surface area contributed by atoms with Crippen molar-refractivity contribution < 1.29 is 21.7 Å². The van der Waals surface area contributed by atoms with Gasteiger partial charge in [0.1, 0.15) is 0 Å². The fraction of sp³-hybridized carbons (Fsp3) is 0.682. The maximum Gasteiger partial charge on any atom is 4.00 e. The first-order valence-corrected chi connectivity index (χ1v) is 9.16. The zero-order valence-corrected chi connectivity index (χ0v) is 18.4. The van der Waals surface area contributed by atoms with Crippen LogP contribution in [-0.4, -0.2) is 6.04 Å². The van der Waals surface area contributed by atoms with Crippen LogP contribution in [0.25, 0.3) is 5.73 Å². The van der Waals surface area contributed by atoms with Crippen molar-refractivity contribution in [2.24, 2.45) is 0 Å². The van der Waals surface area contributed by atoms with E-state index in [2.05, 4.69) is 32.0 Å². The number of aryl methyl sites for hydroxylation is 2. The van der Waals surface area contributed by atoms with Crippen molar-refractivity contribution in [2.45, 2.75) is 96.9 Å². The zero-order valence-electron chi connectivity index (χ0n) is 16.8. The summed E-state index contributed by atoms with van der Waals surface area (Å²) >= 11 is 0. The molecule has 0 saturated heterocycles. The van der Waals surface area contributed by atoms with Crippen LogP contribution < -0.4 is 0 Å². The molecule has 1 nitrogen and oxygen atoms in total. The quantitative estimate of drug-likeness (QED) is 0.356. The molecule has 0 heterocycles. The Labute approximate surface area is 168 Å². The van der Waals surface area contributed by atoms with E-state index in [9.17, 15) is 0 Å². The van der Waals surface area contributed by atoms with E-state index in [1.807, 2.05) is 0 Å². The maximum absolute atomic E-state index is 7.80. The molecule has 0 unspecified atom stereocenters. The third-order valence-corrected chi connectivity index (χ3v) is 4.64. The van der Waals surface area contributed by atoms with Crippen molar-refractivity contribution in [1.82, 2.24) is 0 Å². The molecule has 1 aromatic carbocycles. The van der Waals surface area contributed by atoms with Gasteiger partial charge in [0, 0.05) is 0 Å². The number of nitrogens with one attached hydrogen (secondary N) is 1. The Morgan fingerprint density at radius 1 is 0.875 bits per heavy atom. The topological polar surface area (TPSA) is 23.8 Å². The van der Waals surface area contributed by atoms with Crippen molar-refractivity contribution in [3.05, 3.63) is 49.9 Å². The van der Waals surface area contributed by atoms with Crippen LogP contribution >= 0.6 is 0 Å². The Morgan fingerprint density at radius 3 is 1.58 bits per heavy atom. The largest absolute Gasteiger partial charge is 4.00 e. The van der Waals surface area contributed by atoms with Crippen LogP contribution in [0.4, 0.5) is 0 Å². The van der Waals surface area contributed by atoms with Gasteiger partial charge in [0.05, 0.1) is 0 Å². The standard InChI is InChI=1S/C12H24N.C8H11.2CH3.Ti/c13-12-10-8-6-4-2-1-3-5-7-9-11-12;1-3-8-6-4-5-7(8)2;;;/h12-13H,1-11H2;4-6H,3H2,1-2H3;2*1H3;/q4*-1;+4. The first-order valence-electron chi connectivity index (χ1n) is 9.16. The number of rotatable bonds is 1. The second-order valence-corrected chi connectivity index (χ2v) is 6.54. The van der Waals surface area contributed by atoms with E-state index in [0.29, 0.717) is 0 Å². The predicted molar refractivity (Wildman–Crippen MR) is 108 cm³/mol. The summed E-state index contributed by atoms with van der Waals surface area (Å²) in [6, 6.07) is 6.68. The summed E-state index contributed by atoms with van der Waals surface area (Å²) in [5.41, 5.74) is 10.7. The van der Waals surface area contributed by atoms with Gasteiger partial charge in [-0.3, -0.25) is 0 Å². The molecule has 1 aliphatic carbocycles. The molecule has 0 aliphatic heterocycles. The summed E-state index contributed by atoms with van der Waals surface area (Å²) in [5.74, 6) is 0. The molecule has 138 valence electrons. The average Bonchev–Trinajstić information content (AvgIpc) is 2.89. The van der Waals surface area contributed by atoms with E-state index in [1.165, 1.54) is 75.3 Å². The minimum Gasteiger partial charge on any atom is -0.675 e. The molecule has 2 heteroatoms. The molecule has 0 amide bonds. The molecular formula is C22H41NTi. The van der Waals surface area contributed by atoms with Crippen molar-refractivity contribution in [1.29, 1.82) is 0 Å². The van der Waals surface area contributed by atoms with Crippen LogP contribution in [0.3, 0.4) is 0 Å². The third kappa shape index (κ3) is 14.4. The minimum atomic E-state index is 0. The van der Waals surface area contributed by atoms with Gasteiger partial charge in [-0.05, 0) is 0 Å². The summed E-state index contributed by atoms with van der Waals surface area (Å²) in [4.78, 5) is 0. The van der Waals surface area contributed by atoms with Gasteiger partial charge in [-0.25, -0.2) is 0 Å². The van der Waals surface area contributed by atoms with Crippen molar-refractivity contribution >= 4 is 0 Å². The van der Waals surface area contributed by atoms with Gasteiger partial charge in [-0.1, -0.05) is 90.9 Å². The second kappa shape index (κ2) is 19.4. The first kappa shape index (κ1) is 28.8. The van der Waals surface area contributed by atoms with Gasteiger partial charge < -0.3 is 20.6 Å². The Balaban J connectivity index is -0.000000353. The summed E-state index contributed by atoms with van der Waals surface area (Å²) in [5, 5.41) is 0. The summed E-state index contributed by atoms with van der Waals surface area (Å²) in [7, 11) is 0. The zero-order chi connectivity index (χ0) is 15.3. The van der Waals surface area contributed by atoms with E-state index >= 15 is 0 Å². The number of hydrogen-bond donors (Lipinski definition) is 0. The van der Waals surface area contributed by atoms with Crippen molar-refractivity contribution in [2.75, 3.05) is 0 Å². The molecule has 0 bridgehead atoms. The van der Waals surface area contributed by atoms with E-state index in [-0.39, 0.29) is 42.6 Å². The molecule has 1 aliphatic rings. The van der Waals surface area contributed by atoms with Gasteiger partial charge in [0.15, 0.2) is 0 Å². The first-order chi connectivity index (χ1) is 10.2. The van der Waals surface area contributed by atoms with E-state index in [0.717, 1.165) is 12.8 Å². The average molecular weight is 367 g/mol. The second-order valence-electron chi connectivity index (χ2n) is 6.54. The van der Waals surface area contributed by atoms with E-state index in [4.69, 9.17) is 5.73 Å². The molecule has 1 aromatic rings. The molecule has 2 rings (SSSR count). The summed E-state index contributed by atoms with van der Waals surface area (Å²) < 4.78 is 0. The molecule has 0 atom stereocenters. The van der Waals surface area contributed by atoms with Crippen LogP contribution in [-0.2, 0) is 28.1 Å². The SMILES string of the molecule is CCc1c[cH-]cc1C.[CH3-].[CH3-].[NH-]C1CCCCCCCCCCC1.[Ti+4]. The Kier molecular flexibility index (Phi) is 23.2. The minimum absolute atomic E-state index is 0. The maximum atomic E-state index is 7.80. The monoisotopic (exact) mass is 367 g/mol. The van der Waals surface area contributed by atoms with Gasteiger partial charge in [-0.15, -0.1) is 6.04 Å². The molecule has 0 spiro atoms. The van der Waals surface area contributed by atoms with Gasteiger partial charge in [0.2, 0.25) is 0 Å². The molecule has 1 N–H and O–H groups in total. The predicted octanol–water partition coefficient (Wildman–Crippen LogP) is 7.89. The molecule has 0 radical (unpaired) electrons. The van der Waals surface area contributed by atoms with E-state index < -0.39 is 0 Å². The fourth-order valence-electron chi connectivity index (χ4n) is 3.11. The molecule has 1 fully saturated rings. The molecule has 0 aromatic heterocycles. The normalized spacial score (nSPS) is 16.6. The van der Waals surface area contributed by atoms with Gasteiger partial charge in [-0.2, -0.15) is 29.3 Å². The number of hydrogen-bond acceptors (Lipinski definition) is 0.